The van der Waals surface area contributed by atoms with E-state index in [0.29, 0.717) is 29.7 Å². The summed E-state index contributed by atoms with van der Waals surface area (Å²) < 4.78 is 8.28. The van der Waals surface area contributed by atoms with E-state index in [0.717, 1.165) is 22.6 Å². The molecule has 0 aliphatic carbocycles. The second-order valence-corrected chi connectivity index (χ2v) is 8.73. The highest BCUT2D eigenvalue weighted by Gasteiger charge is 2.20. The first-order valence-corrected chi connectivity index (χ1v) is 11.6. The van der Waals surface area contributed by atoms with Crippen LogP contribution in [0.3, 0.4) is 0 Å². The molecule has 1 unspecified atom stereocenters. The number of hydrogen-bond donors (Lipinski definition) is 1. The molecule has 4 rings (SSSR count). The van der Waals surface area contributed by atoms with E-state index in [2.05, 4.69) is 29.8 Å². The predicted octanol–water partition coefficient (Wildman–Crippen LogP) is 6.38. The van der Waals surface area contributed by atoms with Gasteiger partial charge in [0.1, 0.15) is 18.2 Å². The number of carbonyl (C=O) groups is 1. The van der Waals surface area contributed by atoms with Crippen LogP contribution < -0.4 is 10.1 Å². The Hall–Kier alpha value is -3.31. The minimum absolute atomic E-state index is 0.228. The van der Waals surface area contributed by atoms with Gasteiger partial charge in [-0.2, -0.15) is 0 Å². The molecule has 0 bridgehead atoms. The van der Waals surface area contributed by atoms with Crippen LogP contribution in [-0.2, 0) is 6.54 Å². The number of rotatable bonds is 8. The molecule has 0 aliphatic rings. The maximum absolute atomic E-state index is 12.8. The maximum atomic E-state index is 12.8. The van der Waals surface area contributed by atoms with Crippen molar-refractivity contribution in [2.24, 2.45) is 0 Å². The van der Waals surface area contributed by atoms with Crippen molar-refractivity contribution in [3.8, 4) is 5.75 Å². The normalized spacial score (nSPS) is 12.2. The lowest BCUT2D eigenvalue weighted by molar-refractivity contribution is 0.0937. The molecule has 0 saturated carbocycles. The van der Waals surface area contributed by atoms with Gasteiger partial charge >= 0.3 is 0 Å². The summed E-state index contributed by atoms with van der Waals surface area (Å²) >= 11 is 6.21. The quantitative estimate of drug-likeness (QED) is 0.331. The molecule has 0 radical (unpaired) electrons. The molecule has 0 saturated heterocycles. The van der Waals surface area contributed by atoms with E-state index in [-0.39, 0.29) is 11.9 Å². The summed E-state index contributed by atoms with van der Waals surface area (Å²) in [6.07, 6.45) is 0. The topological polar surface area (TPSA) is 56.1 Å². The van der Waals surface area contributed by atoms with Crippen LogP contribution in [0.5, 0.6) is 5.75 Å². The zero-order chi connectivity index (χ0) is 23.4. The van der Waals surface area contributed by atoms with Gasteiger partial charge < -0.3 is 14.6 Å². The molecular formula is C27H28ClN3O2. The molecule has 0 spiro atoms. The number of imidazole rings is 1. The van der Waals surface area contributed by atoms with Crippen LogP contribution in [0.15, 0.2) is 72.8 Å². The van der Waals surface area contributed by atoms with E-state index >= 15 is 0 Å². The molecule has 1 amide bonds. The lowest BCUT2D eigenvalue weighted by atomic mass is 10.0. The number of aromatic nitrogens is 2. The van der Waals surface area contributed by atoms with E-state index in [1.807, 2.05) is 49.4 Å². The number of fused-ring (bicyclic) bond motifs is 1. The van der Waals surface area contributed by atoms with Gasteiger partial charge in [0.2, 0.25) is 0 Å². The molecule has 1 heterocycles. The number of carbonyl (C=O) groups excluding carboxylic acids is 1. The fraction of sp³-hybridized carbons (Fsp3) is 0.259. The Kier molecular flexibility index (Phi) is 6.99. The third-order valence-electron chi connectivity index (χ3n) is 5.65. The lowest BCUT2D eigenvalue weighted by Gasteiger charge is -2.18. The van der Waals surface area contributed by atoms with Gasteiger partial charge in [0.05, 0.1) is 34.2 Å². The summed E-state index contributed by atoms with van der Waals surface area (Å²) in [6, 6.07) is 22.8. The van der Waals surface area contributed by atoms with Crippen molar-refractivity contribution in [3.63, 3.8) is 0 Å². The van der Waals surface area contributed by atoms with Gasteiger partial charge in [-0.05, 0) is 48.7 Å². The first-order chi connectivity index (χ1) is 16.0. The molecule has 6 heteroatoms. The van der Waals surface area contributed by atoms with E-state index in [1.54, 1.807) is 24.3 Å². The lowest BCUT2D eigenvalue weighted by Crippen LogP contribution is -2.29. The van der Waals surface area contributed by atoms with Gasteiger partial charge in [-0.25, -0.2) is 4.98 Å². The number of halogens is 1. The third-order valence-corrected chi connectivity index (χ3v) is 5.98. The summed E-state index contributed by atoms with van der Waals surface area (Å²) in [5.41, 5.74) is 3.52. The molecule has 0 fully saturated rings. The second kappa shape index (κ2) is 10.1. The summed E-state index contributed by atoms with van der Waals surface area (Å²) in [5.74, 6) is 1.83. The van der Waals surface area contributed by atoms with E-state index in [1.165, 1.54) is 5.56 Å². The smallest absolute Gasteiger partial charge is 0.253 e. The number of nitrogens with one attached hydrogen (secondary N) is 1. The van der Waals surface area contributed by atoms with Gasteiger partial charge in [-0.1, -0.05) is 67.9 Å². The maximum Gasteiger partial charge on any atom is 0.253 e. The summed E-state index contributed by atoms with van der Waals surface area (Å²) in [5, 5.41) is 3.46. The highest BCUT2D eigenvalue weighted by Crippen LogP contribution is 2.27. The third kappa shape index (κ3) is 5.04. The molecular weight excluding hydrogens is 434 g/mol. The molecule has 4 aromatic rings. The van der Waals surface area contributed by atoms with Crippen molar-refractivity contribution in [3.05, 3.63) is 94.8 Å². The van der Waals surface area contributed by atoms with Crippen LogP contribution in [-0.4, -0.2) is 22.1 Å². The summed E-state index contributed by atoms with van der Waals surface area (Å²) in [4.78, 5) is 17.6. The highest BCUT2D eigenvalue weighted by atomic mass is 35.5. The Morgan fingerprint density at radius 3 is 2.48 bits per heavy atom. The zero-order valence-electron chi connectivity index (χ0n) is 19.1. The van der Waals surface area contributed by atoms with Crippen LogP contribution in [0.4, 0.5) is 0 Å². The van der Waals surface area contributed by atoms with Gasteiger partial charge in [0, 0.05) is 0 Å². The van der Waals surface area contributed by atoms with Crippen molar-refractivity contribution >= 4 is 28.5 Å². The molecule has 170 valence electrons. The zero-order valence-corrected chi connectivity index (χ0v) is 19.8. The molecule has 33 heavy (non-hydrogen) atoms. The van der Waals surface area contributed by atoms with E-state index < -0.39 is 0 Å². The minimum atomic E-state index is -0.316. The van der Waals surface area contributed by atoms with Crippen LogP contribution >= 0.6 is 11.6 Å². The number of nitrogens with zero attached hydrogens (tertiary/aromatic N) is 2. The van der Waals surface area contributed by atoms with Crippen LogP contribution in [0.25, 0.3) is 11.0 Å². The number of amides is 1. The Bertz CT molecular complexity index is 1270. The van der Waals surface area contributed by atoms with Gasteiger partial charge in [-0.3, -0.25) is 4.79 Å². The average Bonchev–Trinajstić information content (AvgIpc) is 3.18. The van der Waals surface area contributed by atoms with Crippen molar-refractivity contribution in [2.75, 3.05) is 6.61 Å². The SMILES string of the molecule is CC(C)c1ccccc1OCCn1c(C(C)NC(=O)c2ccccc2Cl)nc2ccccc21. The van der Waals surface area contributed by atoms with Crippen LogP contribution in [0, 0.1) is 0 Å². The average molecular weight is 462 g/mol. The van der Waals surface area contributed by atoms with Crippen molar-refractivity contribution in [1.82, 2.24) is 14.9 Å². The number of para-hydroxylation sites is 3. The number of hydrogen-bond acceptors (Lipinski definition) is 3. The van der Waals surface area contributed by atoms with Gasteiger partial charge in [0.25, 0.3) is 5.91 Å². The highest BCUT2D eigenvalue weighted by molar-refractivity contribution is 6.33. The minimum Gasteiger partial charge on any atom is -0.491 e. The number of ether oxygens (including phenoxy) is 1. The Morgan fingerprint density at radius 2 is 1.70 bits per heavy atom. The molecule has 1 aromatic heterocycles. The summed E-state index contributed by atoms with van der Waals surface area (Å²) in [7, 11) is 0. The summed E-state index contributed by atoms with van der Waals surface area (Å²) in [6.45, 7) is 7.35. The molecule has 0 aliphatic heterocycles. The fourth-order valence-electron chi connectivity index (χ4n) is 3.98. The van der Waals surface area contributed by atoms with Crippen molar-refractivity contribution in [2.45, 2.75) is 39.3 Å². The van der Waals surface area contributed by atoms with E-state index in [9.17, 15) is 4.79 Å². The van der Waals surface area contributed by atoms with E-state index in [4.69, 9.17) is 21.3 Å². The second-order valence-electron chi connectivity index (χ2n) is 8.33. The molecule has 1 atom stereocenters. The molecule has 3 aromatic carbocycles. The van der Waals surface area contributed by atoms with Crippen LogP contribution in [0.1, 0.15) is 54.5 Å². The standard InChI is InChI=1S/C27H28ClN3O2/c1-18(2)20-10-5-9-15-25(20)33-17-16-31-24-14-8-7-13-23(24)30-26(31)19(3)29-27(32)21-11-4-6-12-22(21)28/h4-15,18-19H,16-17H2,1-3H3,(H,29,32). The van der Waals surface area contributed by atoms with Crippen molar-refractivity contribution in [1.29, 1.82) is 0 Å². The largest absolute Gasteiger partial charge is 0.491 e. The van der Waals surface area contributed by atoms with Crippen LogP contribution in [0.2, 0.25) is 5.02 Å². The Balaban J connectivity index is 1.56. The number of benzene rings is 3. The van der Waals surface area contributed by atoms with Crippen molar-refractivity contribution < 1.29 is 9.53 Å². The first-order valence-electron chi connectivity index (χ1n) is 11.2. The molecule has 5 nitrogen and oxygen atoms in total. The fourth-order valence-corrected chi connectivity index (χ4v) is 4.20. The first kappa shape index (κ1) is 22.9. The predicted molar refractivity (Wildman–Crippen MR) is 133 cm³/mol. The van der Waals surface area contributed by atoms with Gasteiger partial charge in [0.15, 0.2) is 0 Å². The van der Waals surface area contributed by atoms with Gasteiger partial charge in [-0.15, -0.1) is 0 Å². The Labute approximate surface area is 199 Å². The molecule has 1 N–H and O–H groups in total. The Morgan fingerprint density at radius 1 is 1.00 bits per heavy atom. The monoisotopic (exact) mass is 461 g/mol.